The molecular formula is C16H21N3O2. The highest BCUT2D eigenvalue weighted by atomic mass is 16.5. The number of carbonyl (C=O) groups excluding carboxylic acids is 1. The molecule has 0 atom stereocenters. The molecule has 0 saturated heterocycles. The molecule has 0 spiro atoms. The minimum atomic E-state index is -0.0108. The van der Waals surface area contributed by atoms with Crippen LogP contribution < -0.4 is 15.4 Å². The van der Waals surface area contributed by atoms with E-state index in [0.717, 1.165) is 22.3 Å². The maximum Gasteiger partial charge on any atom is 0.234 e. The number of para-hydroxylation sites is 1. The minimum absolute atomic E-state index is 0.0108. The molecule has 1 aromatic heterocycles. The van der Waals surface area contributed by atoms with Crippen molar-refractivity contribution in [3.05, 3.63) is 36.0 Å². The zero-order chi connectivity index (χ0) is 15.2. The van der Waals surface area contributed by atoms with Crippen LogP contribution in [0.4, 0.5) is 0 Å². The lowest BCUT2D eigenvalue weighted by Crippen LogP contribution is -2.37. The van der Waals surface area contributed by atoms with Gasteiger partial charge in [0.2, 0.25) is 5.91 Å². The molecule has 0 radical (unpaired) electrons. The van der Waals surface area contributed by atoms with Gasteiger partial charge in [0, 0.05) is 18.0 Å². The van der Waals surface area contributed by atoms with Crippen molar-refractivity contribution in [2.24, 2.45) is 0 Å². The van der Waals surface area contributed by atoms with Crippen molar-refractivity contribution >= 4 is 16.8 Å². The van der Waals surface area contributed by atoms with Crippen molar-refractivity contribution in [2.75, 3.05) is 13.7 Å². The molecule has 2 aromatic rings. The Morgan fingerprint density at radius 2 is 2.10 bits per heavy atom. The topological polar surface area (TPSA) is 63.2 Å². The summed E-state index contributed by atoms with van der Waals surface area (Å²) in [6.45, 7) is 4.70. The van der Waals surface area contributed by atoms with Gasteiger partial charge in [-0.1, -0.05) is 18.2 Å². The maximum atomic E-state index is 11.5. The Kier molecular flexibility index (Phi) is 5.11. The zero-order valence-corrected chi connectivity index (χ0v) is 12.6. The lowest BCUT2D eigenvalue weighted by molar-refractivity contribution is -0.120. The number of ether oxygens (including phenoxy) is 1. The molecule has 0 bridgehead atoms. The summed E-state index contributed by atoms with van der Waals surface area (Å²) in [5, 5.41) is 6.97. The van der Waals surface area contributed by atoms with Gasteiger partial charge in [-0.25, -0.2) is 4.98 Å². The first-order valence-corrected chi connectivity index (χ1v) is 7.03. The first kappa shape index (κ1) is 15.3. The van der Waals surface area contributed by atoms with Gasteiger partial charge in [-0.05, 0) is 26.0 Å². The number of hydrogen-bond acceptors (Lipinski definition) is 4. The fourth-order valence-corrected chi connectivity index (χ4v) is 2.10. The van der Waals surface area contributed by atoms with Crippen molar-refractivity contribution in [3.8, 4) is 5.75 Å². The molecule has 112 valence electrons. The molecule has 1 heterocycles. The van der Waals surface area contributed by atoms with Crippen molar-refractivity contribution in [2.45, 2.75) is 26.4 Å². The molecule has 0 aliphatic rings. The Morgan fingerprint density at radius 3 is 2.81 bits per heavy atom. The highest BCUT2D eigenvalue weighted by Gasteiger charge is 2.05. The lowest BCUT2D eigenvalue weighted by atomic mass is 10.2. The highest BCUT2D eigenvalue weighted by Crippen LogP contribution is 2.23. The summed E-state index contributed by atoms with van der Waals surface area (Å²) >= 11 is 0. The van der Waals surface area contributed by atoms with Crippen molar-refractivity contribution in [3.63, 3.8) is 0 Å². The van der Waals surface area contributed by atoms with Gasteiger partial charge >= 0.3 is 0 Å². The van der Waals surface area contributed by atoms with E-state index in [1.54, 1.807) is 7.11 Å². The lowest BCUT2D eigenvalue weighted by Gasteiger charge is -2.10. The van der Waals surface area contributed by atoms with Crippen LogP contribution in [0.2, 0.25) is 0 Å². The third kappa shape index (κ3) is 4.16. The molecule has 0 aliphatic heterocycles. The van der Waals surface area contributed by atoms with E-state index < -0.39 is 0 Å². The summed E-state index contributed by atoms with van der Waals surface area (Å²) in [6, 6.07) is 9.95. The molecule has 2 rings (SSSR count). The van der Waals surface area contributed by atoms with Gasteiger partial charge in [0.25, 0.3) is 0 Å². The van der Waals surface area contributed by atoms with Crippen molar-refractivity contribution < 1.29 is 9.53 Å². The maximum absolute atomic E-state index is 11.5. The van der Waals surface area contributed by atoms with Gasteiger partial charge in [0.05, 0.1) is 19.3 Å². The molecule has 1 aromatic carbocycles. The Bertz CT molecular complexity index is 626. The molecule has 5 nitrogen and oxygen atoms in total. The number of amides is 1. The van der Waals surface area contributed by atoms with Crippen molar-refractivity contribution in [1.82, 2.24) is 15.6 Å². The van der Waals surface area contributed by atoms with E-state index >= 15 is 0 Å². The number of aromatic nitrogens is 1. The minimum Gasteiger partial charge on any atom is -0.494 e. The number of rotatable bonds is 6. The Hall–Kier alpha value is -2.14. The average Bonchev–Trinajstić information content (AvgIpc) is 2.45. The number of carbonyl (C=O) groups is 1. The number of nitrogens with zero attached hydrogens (tertiary/aromatic N) is 1. The third-order valence-electron chi connectivity index (χ3n) is 3.00. The van der Waals surface area contributed by atoms with Crippen LogP contribution >= 0.6 is 0 Å². The molecule has 0 saturated carbocycles. The van der Waals surface area contributed by atoms with E-state index in [2.05, 4.69) is 15.6 Å². The summed E-state index contributed by atoms with van der Waals surface area (Å²) in [6.07, 6.45) is 0. The Labute approximate surface area is 124 Å². The van der Waals surface area contributed by atoms with Gasteiger partial charge in [0.15, 0.2) is 0 Å². The summed E-state index contributed by atoms with van der Waals surface area (Å²) in [5.41, 5.74) is 1.72. The summed E-state index contributed by atoms with van der Waals surface area (Å²) in [7, 11) is 1.64. The van der Waals surface area contributed by atoms with Gasteiger partial charge < -0.3 is 15.4 Å². The summed E-state index contributed by atoms with van der Waals surface area (Å²) in [4.78, 5) is 16.1. The summed E-state index contributed by atoms with van der Waals surface area (Å²) in [5.74, 6) is 0.746. The number of pyridine rings is 1. The Morgan fingerprint density at radius 1 is 1.29 bits per heavy atom. The van der Waals surface area contributed by atoms with E-state index in [1.165, 1.54) is 0 Å². The molecule has 1 amide bonds. The molecule has 21 heavy (non-hydrogen) atoms. The number of hydrogen-bond donors (Lipinski definition) is 2. The van der Waals surface area contributed by atoms with Crippen LogP contribution in [0, 0.1) is 0 Å². The fourth-order valence-electron chi connectivity index (χ4n) is 2.10. The standard InChI is InChI=1S/C16H21N3O2/c1-11(2)18-15(20)10-17-9-13-8-7-12-5-4-6-14(21-3)16(12)19-13/h4-8,11,17H,9-10H2,1-3H3,(H,18,20). The van der Waals surface area contributed by atoms with Gasteiger partial charge in [-0.3, -0.25) is 4.79 Å². The second-order valence-corrected chi connectivity index (χ2v) is 5.16. The fraction of sp³-hybridized carbons (Fsp3) is 0.375. The van der Waals surface area contributed by atoms with Crippen LogP contribution in [0.5, 0.6) is 5.75 Å². The van der Waals surface area contributed by atoms with Crippen LogP contribution in [-0.2, 0) is 11.3 Å². The van der Waals surface area contributed by atoms with E-state index in [0.29, 0.717) is 6.54 Å². The average molecular weight is 287 g/mol. The molecule has 5 heteroatoms. The molecule has 0 fully saturated rings. The van der Waals surface area contributed by atoms with Crippen LogP contribution in [0.1, 0.15) is 19.5 Å². The van der Waals surface area contributed by atoms with E-state index in [9.17, 15) is 4.79 Å². The van der Waals surface area contributed by atoms with E-state index in [-0.39, 0.29) is 18.5 Å². The zero-order valence-electron chi connectivity index (χ0n) is 12.6. The van der Waals surface area contributed by atoms with Crippen LogP contribution in [-0.4, -0.2) is 30.6 Å². The van der Waals surface area contributed by atoms with Gasteiger partial charge in [0.1, 0.15) is 11.3 Å². The first-order valence-electron chi connectivity index (χ1n) is 7.03. The van der Waals surface area contributed by atoms with Crippen LogP contribution in [0.3, 0.4) is 0 Å². The molecular weight excluding hydrogens is 266 g/mol. The second kappa shape index (κ2) is 7.04. The normalized spacial score (nSPS) is 10.9. The predicted octanol–water partition coefficient (Wildman–Crippen LogP) is 1.86. The predicted molar refractivity (Wildman–Crippen MR) is 83.3 cm³/mol. The van der Waals surface area contributed by atoms with Crippen LogP contribution in [0.15, 0.2) is 30.3 Å². The molecule has 2 N–H and O–H groups in total. The number of methoxy groups -OCH3 is 1. The SMILES string of the molecule is COc1cccc2ccc(CNCC(=O)NC(C)C)nc12. The Balaban J connectivity index is 2.01. The number of fused-ring (bicyclic) bond motifs is 1. The first-order chi connectivity index (χ1) is 10.1. The third-order valence-corrected chi connectivity index (χ3v) is 3.00. The number of benzene rings is 1. The monoisotopic (exact) mass is 287 g/mol. The van der Waals surface area contributed by atoms with Crippen LogP contribution in [0.25, 0.3) is 10.9 Å². The van der Waals surface area contributed by atoms with Gasteiger partial charge in [-0.15, -0.1) is 0 Å². The second-order valence-electron chi connectivity index (χ2n) is 5.16. The van der Waals surface area contributed by atoms with Crippen molar-refractivity contribution in [1.29, 1.82) is 0 Å². The number of nitrogens with one attached hydrogen (secondary N) is 2. The summed E-state index contributed by atoms with van der Waals surface area (Å²) < 4.78 is 5.32. The van der Waals surface area contributed by atoms with Gasteiger partial charge in [-0.2, -0.15) is 0 Å². The molecule has 0 unspecified atom stereocenters. The smallest absolute Gasteiger partial charge is 0.234 e. The highest BCUT2D eigenvalue weighted by molar-refractivity contribution is 5.84. The molecule has 0 aliphatic carbocycles. The van der Waals surface area contributed by atoms with E-state index in [1.807, 2.05) is 44.2 Å². The largest absolute Gasteiger partial charge is 0.494 e. The van der Waals surface area contributed by atoms with E-state index in [4.69, 9.17) is 4.74 Å². The quantitative estimate of drug-likeness (QED) is 0.851.